The van der Waals surface area contributed by atoms with Crippen LogP contribution in [0.5, 0.6) is 0 Å². The van der Waals surface area contributed by atoms with E-state index < -0.39 is 0 Å². The van der Waals surface area contributed by atoms with Crippen molar-refractivity contribution in [2.75, 3.05) is 4.90 Å². The molecule has 0 bridgehead atoms. The van der Waals surface area contributed by atoms with Gasteiger partial charge in [0.15, 0.2) is 0 Å². The second-order valence-electron chi connectivity index (χ2n) is 16.6. The smallest absolute Gasteiger partial charge is 0.135 e. The number of rotatable bonds is 3. The van der Waals surface area contributed by atoms with Gasteiger partial charge in [-0.05, 0) is 122 Å². The van der Waals surface area contributed by atoms with Crippen LogP contribution >= 0.6 is 0 Å². The van der Waals surface area contributed by atoms with Gasteiger partial charge in [-0.1, -0.05) is 131 Å². The van der Waals surface area contributed by atoms with Crippen molar-refractivity contribution in [1.29, 1.82) is 0 Å². The number of benzene rings is 7. The Bertz CT molecular complexity index is 2820. The fourth-order valence-corrected chi connectivity index (χ4v) is 10.4. The van der Waals surface area contributed by atoms with Crippen molar-refractivity contribution in [2.45, 2.75) is 56.8 Å². The minimum atomic E-state index is -0.216. The van der Waals surface area contributed by atoms with Crippen molar-refractivity contribution >= 4 is 39.0 Å². The molecule has 0 saturated heterocycles. The molecule has 0 N–H and O–H groups in total. The molecular formula is C51H41NO. The van der Waals surface area contributed by atoms with Crippen molar-refractivity contribution in [3.8, 4) is 22.3 Å². The molecule has 1 atom stereocenters. The molecule has 0 amide bonds. The molecular weight excluding hydrogens is 643 g/mol. The van der Waals surface area contributed by atoms with Gasteiger partial charge in [0.05, 0.1) is 0 Å². The van der Waals surface area contributed by atoms with Gasteiger partial charge in [0, 0.05) is 38.7 Å². The van der Waals surface area contributed by atoms with Crippen LogP contribution in [0.1, 0.15) is 73.9 Å². The molecule has 1 heterocycles. The molecule has 0 radical (unpaired) electrons. The number of hydrogen-bond donors (Lipinski definition) is 0. The molecule has 7 aromatic carbocycles. The van der Waals surface area contributed by atoms with E-state index in [1.54, 1.807) is 0 Å². The van der Waals surface area contributed by atoms with E-state index in [2.05, 4.69) is 178 Å². The fourth-order valence-electron chi connectivity index (χ4n) is 10.4. The first-order valence-corrected chi connectivity index (χ1v) is 19.1. The van der Waals surface area contributed by atoms with Crippen molar-refractivity contribution in [2.24, 2.45) is 0 Å². The molecule has 0 saturated carbocycles. The van der Waals surface area contributed by atoms with Crippen LogP contribution in [0.3, 0.4) is 0 Å². The molecule has 1 unspecified atom stereocenters. The molecule has 53 heavy (non-hydrogen) atoms. The van der Waals surface area contributed by atoms with Gasteiger partial charge in [0.2, 0.25) is 0 Å². The van der Waals surface area contributed by atoms with E-state index in [-0.39, 0.29) is 16.2 Å². The van der Waals surface area contributed by atoms with Gasteiger partial charge in [-0.25, -0.2) is 0 Å². The zero-order chi connectivity index (χ0) is 35.7. The highest BCUT2D eigenvalue weighted by Gasteiger charge is 2.50. The average Bonchev–Trinajstić information content (AvgIpc) is 3.77. The summed E-state index contributed by atoms with van der Waals surface area (Å²) in [6, 6.07) is 56.8. The molecule has 11 rings (SSSR count). The second kappa shape index (κ2) is 10.6. The maximum atomic E-state index is 6.33. The Kier molecular flexibility index (Phi) is 6.15. The summed E-state index contributed by atoms with van der Waals surface area (Å²) in [5.74, 6) is 0. The van der Waals surface area contributed by atoms with Gasteiger partial charge in [-0.2, -0.15) is 0 Å². The summed E-state index contributed by atoms with van der Waals surface area (Å²) in [6.07, 6.45) is 2.19. The zero-order valence-electron chi connectivity index (χ0n) is 30.7. The zero-order valence-corrected chi connectivity index (χ0v) is 30.7. The Hall–Kier alpha value is -5.86. The molecule has 8 aromatic rings. The van der Waals surface area contributed by atoms with E-state index in [1.165, 1.54) is 61.3 Å². The van der Waals surface area contributed by atoms with E-state index in [0.29, 0.717) is 0 Å². The third-order valence-electron chi connectivity index (χ3n) is 13.1. The summed E-state index contributed by atoms with van der Waals surface area (Å²) >= 11 is 0. The molecule has 2 heteroatoms. The highest BCUT2D eigenvalue weighted by atomic mass is 16.3. The first kappa shape index (κ1) is 30.7. The van der Waals surface area contributed by atoms with E-state index in [9.17, 15) is 0 Å². The van der Waals surface area contributed by atoms with Gasteiger partial charge >= 0.3 is 0 Å². The summed E-state index contributed by atoms with van der Waals surface area (Å²) in [7, 11) is 0. The average molecular weight is 684 g/mol. The van der Waals surface area contributed by atoms with Crippen LogP contribution < -0.4 is 4.90 Å². The summed E-state index contributed by atoms with van der Waals surface area (Å²) in [6.45, 7) is 9.57. The van der Waals surface area contributed by atoms with Gasteiger partial charge in [-0.15, -0.1) is 0 Å². The van der Waals surface area contributed by atoms with Crippen LogP contribution in [-0.2, 0) is 16.2 Å². The number of anilines is 3. The lowest BCUT2D eigenvalue weighted by Crippen LogP contribution is -2.38. The Morgan fingerprint density at radius 3 is 1.72 bits per heavy atom. The molecule has 1 spiro atoms. The first-order valence-electron chi connectivity index (χ1n) is 19.1. The Labute approximate surface area is 311 Å². The number of nitrogens with zero attached hydrogens (tertiary/aromatic N) is 1. The van der Waals surface area contributed by atoms with Gasteiger partial charge in [0.25, 0.3) is 0 Å². The third-order valence-corrected chi connectivity index (χ3v) is 13.1. The molecule has 1 aromatic heterocycles. The number of para-hydroxylation sites is 1. The Morgan fingerprint density at radius 1 is 0.415 bits per heavy atom. The minimum Gasteiger partial charge on any atom is -0.456 e. The van der Waals surface area contributed by atoms with Crippen LogP contribution in [-0.4, -0.2) is 0 Å². The maximum absolute atomic E-state index is 6.33. The standard InChI is InChI=1S/C51H41NO/c1-49(2)27-28-51(44-19-11-10-18-43(44)49)42-17-9-6-14-36(42)38-25-22-34(31-46(38)51)52(32-23-26-48-40(29-32)39-15-7-12-20-47(39)53-48)33-21-24-37-35-13-5-8-16-41(35)50(3,4)45(37)30-33/h5-26,29-31H,27-28H2,1-4H3. The third kappa shape index (κ3) is 4.10. The van der Waals surface area contributed by atoms with Gasteiger partial charge in [-0.3, -0.25) is 0 Å². The van der Waals surface area contributed by atoms with Gasteiger partial charge < -0.3 is 9.32 Å². The van der Waals surface area contributed by atoms with Crippen LogP contribution in [0.15, 0.2) is 156 Å². The van der Waals surface area contributed by atoms with Crippen LogP contribution in [0.2, 0.25) is 0 Å². The SMILES string of the molecule is CC1(C)CCC2(c3ccccc3-c3ccc(N(c4ccc5c(c4)C(C)(C)c4ccccc4-5)c4ccc5oc6ccccc6c5c4)cc32)c2ccccc21. The van der Waals surface area contributed by atoms with Crippen molar-refractivity contribution < 1.29 is 4.42 Å². The second-order valence-corrected chi connectivity index (χ2v) is 16.6. The lowest BCUT2D eigenvalue weighted by Gasteiger charge is -2.45. The maximum Gasteiger partial charge on any atom is 0.135 e. The topological polar surface area (TPSA) is 16.4 Å². The fraction of sp³-hybridized carbons (Fsp3) is 0.176. The van der Waals surface area contributed by atoms with Crippen LogP contribution in [0.4, 0.5) is 17.1 Å². The van der Waals surface area contributed by atoms with Crippen LogP contribution in [0.25, 0.3) is 44.2 Å². The number of hydrogen-bond acceptors (Lipinski definition) is 2. The Balaban J connectivity index is 1.17. The van der Waals surface area contributed by atoms with Crippen molar-refractivity contribution in [3.63, 3.8) is 0 Å². The largest absolute Gasteiger partial charge is 0.456 e. The summed E-state index contributed by atoms with van der Waals surface area (Å²) in [4.78, 5) is 2.48. The monoisotopic (exact) mass is 683 g/mol. The van der Waals surface area contributed by atoms with E-state index >= 15 is 0 Å². The molecule has 2 nitrogen and oxygen atoms in total. The molecule has 3 aliphatic carbocycles. The predicted octanol–water partition coefficient (Wildman–Crippen LogP) is 13.7. The Morgan fingerprint density at radius 2 is 0.943 bits per heavy atom. The van der Waals surface area contributed by atoms with E-state index in [4.69, 9.17) is 4.42 Å². The number of fused-ring (bicyclic) bond motifs is 13. The molecule has 0 aliphatic heterocycles. The highest BCUT2D eigenvalue weighted by molar-refractivity contribution is 6.06. The highest BCUT2D eigenvalue weighted by Crippen LogP contribution is 2.61. The van der Waals surface area contributed by atoms with E-state index in [0.717, 1.165) is 46.2 Å². The first-order chi connectivity index (χ1) is 25.8. The predicted molar refractivity (Wildman–Crippen MR) is 220 cm³/mol. The van der Waals surface area contributed by atoms with E-state index in [1.807, 2.05) is 6.07 Å². The normalized spacial score (nSPS) is 18.4. The van der Waals surface area contributed by atoms with Crippen molar-refractivity contribution in [3.05, 3.63) is 185 Å². The number of furan rings is 1. The van der Waals surface area contributed by atoms with Crippen molar-refractivity contribution in [1.82, 2.24) is 0 Å². The summed E-state index contributed by atoms with van der Waals surface area (Å²) in [5, 5.41) is 2.27. The molecule has 256 valence electrons. The summed E-state index contributed by atoms with van der Waals surface area (Å²) in [5.41, 5.74) is 18.9. The lowest BCUT2D eigenvalue weighted by atomic mass is 9.58. The lowest BCUT2D eigenvalue weighted by molar-refractivity contribution is 0.369. The molecule has 0 fully saturated rings. The van der Waals surface area contributed by atoms with Crippen LogP contribution in [0, 0.1) is 0 Å². The minimum absolute atomic E-state index is 0.111. The summed E-state index contributed by atoms with van der Waals surface area (Å²) < 4.78 is 6.33. The molecule has 3 aliphatic rings. The van der Waals surface area contributed by atoms with Gasteiger partial charge in [0.1, 0.15) is 11.2 Å². The quantitative estimate of drug-likeness (QED) is 0.184.